The average Bonchev–Trinajstić information content (AvgIpc) is 2.72. The first-order valence-electron chi connectivity index (χ1n) is 5.36. The van der Waals surface area contributed by atoms with Gasteiger partial charge >= 0.3 is 5.97 Å². The number of rotatable bonds is 5. The van der Waals surface area contributed by atoms with Gasteiger partial charge in [-0.15, -0.1) is 0 Å². The van der Waals surface area contributed by atoms with Crippen LogP contribution in [0.3, 0.4) is 0 Å². The summed E-state index contributed by atoms with van der Waals surface area (Å²) in [7, 11) is -0.948. The first-order valence-corrected chi connectivity index (χ1v) is 6.84. The number of sulfonamides is 1. The highest BCUT2D eigenvalue weighted by molar-refractivity contribution is 7.89. The topological polar surface area (TPSA) is 90.3 Å². The van der Waals surface area contributed by atoms with Gasteiger partial charge in [-0.2, -0.15) is 4.72 Å². The monoisotopic (exact) mass is 275 g/mol. The van der Waals surface area contributed by atoms with Crippen LogP contribution < -0.4 is 4.72 Å². The summed E-state index contributed by atoms with van der Waals surface area (Å²) in [4.78, 5) is 15.2. The van der Waals surface area contributed by atoms with Crippen LogP contribution >= 0.6 is 0 Å². The Hall–Kier alpha value is -1.41. The van der Waals surface area contributed by atoms with Crippen molar-refractivity contribution in [2.24, 2.45) is 13.0 Å². The van der Waals surface area contributed by atoms with Gasteiger partial charge in [0.05, 0.1) is 13.4 Å². The van der Waals surface area contributed by atoms with E-state index < -0.39 is 22.0 Å². The fourth-order valence-corrected chi connectivity index (χ4v) is 2.65. The lowest BCUT2D eigenvalue weighted by Gasteiger charge is -2.18. The molecule has 0 aliphatic heterocycles. The number of aryl methyl sites for hydroxylation is 1. The van der Waals surface area contributed by atoms with Gasteiger partial charge in [0.15, 0.2) is 5.03 Å². The fourth-order valence-electron chi connectivity index (χ4n) is 1.34. The molecule has 0 amide bonds. The minimum atomic E-state index is -3.82. The van der Waals surface area contributed by atoms with Crippen molar-refractivity contribution in [1.82, 2.24) is 14.3 Å². The SMILES string of the molecule is COC(=O)C(NS(=O)(=O)c1cn(C)cn1)C(C)C. The summed E-state index contributed by atoms with van der Waals surface area (Å²) >= 11 is 0. The molecule has 1 heterocycles. The maximum absolute atomic E-state index is 12.0. The number of carbonyl (C=O) groups is 1. The zero-order valence-electron chi connectivity index (χ0n) is 10.7. The Bertz CT molecular complexity index is 521. The predicted octanol–water partition coefficient (Wildman–Crippen LogP) is -0.104. The molecule has 18 heavy (non-hydrogen) atoms. The number of ether oxygens (including phenoxy) is 1. The molecule has 0 radical (unpaired) electrons. The van der Waals surface area contributed by atoms with Crippen molar-refractivity contribution >= 4 is 16.0 Å². The number of hydrogen-bond acceptors (Lipinski definition) is 5. The molecule has 0 bridgehead atoms. The molecule has 8 heteroatoms. The zero-order valence-corrected chi connectivity index (χ0v) is 11.6. The molecule has 1 unspecified atom stereocenters. The highest BCUT2D eigenvalue weighted by atomic mass is 32.2. The second kappa shape index (κ2) is 5.49. The first-order chi connectivity index (χ1) is 8.27. The maximum Gasteiger partial charge on any atom is 0.324 e. The Kier molecular flexibility index (Phi) is 4.47. The van der Waals surface area contributed by atoms with Crippen LogP contribution in [0.5, 0.6) is 0 Å². The molecule has 0 fully saturated rings. The van der Waals surface area contributed by atoms with Gasteiger partial charge in [-0.1, -0.05) is 13.8 Å². The number of hydrogen-bond donors (Lipinski definition) is 1. The van der Waals surface area contributed by atoms with Crippen molar-refractivity contribution in [3.8, 4) is 0 Å². The molecule has 0 aliphatic carbocycles. The smallest absolute Gasteiger partial charge is 0.324 e. The standard InChI is InChI=1S/C10H17N3O4S/c1-7(2)9(10(14)17-4)12-18(15,16)8-5-13(3)6-11-8/h5-7,9,12H,1-4H3. The summed E-state index contributed by atoms with van der Waals surface area (Å²) < 4.78 is 32.3. The van der Waals surface area contributed by atoms with E-state index in [-0.39, 0.29) is 10.9 Å². The second-order valence-corrected chi connectivity index (χ2v) is 5.90. The third-order valence-electron chi connectivity index (χ3n) is 2.36. The van der Waals surface area contributed by atoms with Crippen molar-refractivity contribution in [1.29, 1.82) is 0 Å². The van der Waals surface area contributed by atoms with E-state index in [2.05, 4.69) is 14.4 Å². The fraction of sp³-hybridized carbons (Fsp3) is 0.600. The molecule has 0 saturated carbocycles. The van der Waals surface area contributed by atoms with Gasteiger partial charge in [-0.25, -0.2) is 13.4 Å². The minimum absolute atomic E-state index is 0.125. The molecule has 0 aromatic carbocycles. The molecule has 1 aromatic rings. The Balaban J connectivity index is 2.97. The molecule has 1 N–H and O–H groups in total. The highest BCUT2D eigenvalue weighted by Gasteiger charge is 2.30. The van der Waals surface area contributed by atoms with Gasteiger partial charge in [0, 0.05) is 13.2 Å². The van der Waals surface area contributed by atoms with Crippen molar-refractivity contribution in [2.75, 3.05) is 7.11 Å². The van der Waals surface area contributed by atoms with Crippen molar-refractivity contribution in [3.63, 3.8) is 0 Å². The number of aromatic nitrogens is 2. The minimum Gasteiger partial charge on any atom is -0.468 e. The molecule has 0 aliphatic rings. The predicted molar refractivity (Wildman–Crippen MR) is 64.2 cm³/mol. The first kappa shape index (κ1) is 14.7. The Morgan fingerprint density at radius 2 is 2.11 bits per heavy atom. The lowest BCUT2D eigenvalue weighted by Crippen LogP contribution is -2.45. The van der Waals surface area contributed by atoms with E-state index in [0.717, 1.165) is 0 Å². The number of methoxy groups -OCH3 is 1. The Morgan fingerprint density at radius 1 is 1.50 bits per heavy atom. The summed E-state index contributed by atoms with van der Waals surface area (Å²) in [5.41, 5.74) is 0. The van der Waals surface area contributed by atoms with E-state index in [1.165, 1.54) is 24.2 Å². The second-order valence-electron chi connectivity index (χ2n) is 4.24. The lowest BCUT2D eigenvalue weighted by atomic mass is 10.1. The van der Waals surface area contributed by atoms with Crippen molar-refractivity contribution < 1.29 is 17.9 Å². The maximum atomic E-state index is 12.0. The van der Waals surface area contributed by atoms with Gasteiger partial charge in [0.1, 0.15) is 6.04 Å². The summed E-state index contributed by atoms with van der Waals surface area (Å²) in [6, 6.07) is -0.929. The summed E-state index contributed by atoms with van der Waals surface area (Å²) in [6.45, 7) is 3.45. The van der Waals surface area contributed by atoms with E-state index >= 15 is 0 Å². The summed E-state index contributed by atoms with van der Waals surface area (Å²) in [6.07, 6.45) is 2.73. The number of imidazole rings is 1. The van der Waals surface area contributed by atoms with Crippen LogP contribution in [-0.2, 0) is 26.6 Å². The molecule has 7 nitrogen and oxygen atoms in total. The van der Waals surface area contributed by atoms with Crippen LogP contribution in [-0.4, -0.2) is 37.1 Å². The molecule has 1 rings (SSSR count). The molecule has 1 aromatic heterocycles. The Morgan fingerprint density at radius 3 is 2.50 bits per heavy atom. The van der Waals surface area contributed by atoms with Crippen LogP contribution in [0.25, 0.3) is 0 Å². The van der Waals surface area contributed by atoms with Crippen LogP contribution in [0.15, 0.2) is 17.6 Å². The average molecular weight is 275 g/mol. The van der Waals surface area contributed by atoms with E-state index in [9.17, 15) is 13.2 Å². The van der Waals surface area contributed by atoms with Gasteiger partial charge < -0.3 is 9.30 Å². The molecule has 1 atom stereocenters. The van der Waals surface area contributed by atoms with Gasteiger partial charge in [0.25, 0.3) is 10.0 Å². The summed E-state index contributed by atoms with van der Waals surface area (Å²) in [5, 5.41) is -0.125. The summed E-state index contributed by atoms with van der Waals surface area (Å²) in [5.74, 6) is -0.847. The largest absolute Gasteiger partial charge is 0.468 e. The third-order valence-corrected chi connectivity index (χ3v) is 3.69. The molecular formula is C10H17N3O4S. The van der Waals surface area contributed by atoms with Crippen molar-refractivity contribution in [2.45, 2.75) is 24.9 Å². The van der Waals surface area contributed by atoms with Crippen LogP contribution in [0.4, 0.5) is 0 Å². The van der Waals surface area contributed by atoms with Gasteiger partial charge in [-0.05, 0) is 5.92 Å². The van der Waals surface area contributed by atoms with Crippen molar-refractivity contribution in [3.05, 3.63) is 12.5 Å². The normalized spacial score (nSPS) is 13.6. The van der Waals surface area contributed by atoms with E-state index in [4.69, 9.17) is 0 Å². The molecule has 102 valence electrons. The van der Waals surface area contributed by atoms with E-state index in [1.807, 2.05) is 0 Å². The van der Waals surface area contributed by atoms with Gasteiger partial charge in [-0.3, -0.25) is 4.79 Å². The number of nitrogens with one attached hydrogen (secondary N) is 1. The van der Waals surface area contributed by atoms with Gasteiger partial charge in [0.2, 0.25) is 0 Å². The quantitative estimate of drug-likeness (QED) is 0.758. The zero-order chi connectivity index (χ0) is 13.9. The van der Waals surface area contributed by atoms with Crippen LogP contribution in [0, 0.1) is 5.92 Å². The van der Waals surface area contributed by atoms with Crippen LogP contribution in [0.2, 0.25) is 0 Å². The third kappa shape index (κ3) is 3.30. The number of esters is 1. The van der Waals surface area contributed by atoms with Crippen LogP contribution in [0.1, 0.15) is 13.8 Å². The molecule has 0 saturated heterocycles. The van der Waals surface area contributed by atoms with E-state index in [0.29, 0.717) is 0 Å². The lowest BCUT2D eigenvalue weighted by molar-refractivity contribution is -0.143. The number of carbonyl (C=O) groups excluding carboxylic acids is 1. The number of nitrogens with zero attached hydrogens (tertiary/aromatic N) is 2. The highest BCUT2D eigenvalue weighted by Crippen LogP contribution is 2.10. The van der Waals surface area contributed by atoms with E-state index in [1.54, 1.807) is 20.9 Å². The molecule has 0 spiro atoms. The molecular weight excluding hydrogens is 258 g/mol. The Labute approximate surface area is 106 Å².